The van der Waals surface area contributed by atoms with Gasteiger partial charge in [0.15, 0.2) is 12.4 Å². The van der Waals surface area contributed by atoms with Gasteiger partial charge >= 0.3 is 0 Å². The quantitative estimate of drug-likeness (QED) is 0.664. The molecule has 2 nitrogen and oxygen atoms in total. The third-order valence-corrected chi connectivity index (χ3v) is 2.51. The maximum Gasteiger partial charge on any atom is 0.211 e. The van der Waals surface area contributed by atoms with E-state index in [0.717, 1.165) is 13.1 Å². The van der Waals surface area contributed by atoms with Crippen molar-refractivity contribution in [3.05, 3.63) is 30.6 Å². The standard InChI is InChI=1S/C11H19N2.BrH.ClH/c1-4-12(5-2)11(3)13-9-7-6-8-10-13;;/h6-11H,4-5H2,1-3H3;2*1H/q+1;;/p-1. The average molecular weight is 296 g/mol. The molecule has 0 fully saturated rings. The minimum atomic E-state index is 0. The lowest BCUT2D eigenvalue weighted by molar-refractivity contribution is -0.740. The van der Waals surface area contributed by atoms with E-state index in [1.54, 1.807) is 0 Å². The van der Waals surface area contributed by atoms with Gasteiger partial charge < -0.3 is 17.0 Å². The molecule has 0 amide bonds. The number of rotatable bonds is 4. The number of hydrogen-bond acceptors (Lipinski definition) is 1. The first-order valence-corrected chi connectivity index (χ1v) is 4.99. The van der Waals surface area contributed by atoms with Crippen LogP contribution in [0, 0.1) is 0 Å². The molecule has 1 heterocycles. The molecule has 0 aliphatic heterocycles. The Balaban J connectivity index is 0. The Morgan fingerprint density at radius 3 is 1.93 bits per heavy atom. The Bertz CT molecular complexity index is 240. The molecule has 1 aromatic heterocycles. The average Bonchev–Trinajstić information content (AvgIpc) is 2.21. The van der Waals surface area contributed by atoms with E-state index in [2.05, 4.69) is 54.8 Å². The summed E-state index contributed by atoms with van der Waals surface area (Å²) in [7, 11) is 0. The molecular formula is C11H20BrClN2. The van der Waals surface area contributed by atoms with Gasteiger partial charge in [0.1, 0.15) is 0 Å². The Hall–Kier alpha value is -0.120. The highest BCUT2D eigenvalue weighted by molar-refractivity contribution is 5.85. The van der Waals surface area contributed by atoms with Crippen molar-refractivity contribution in [1.82, 2.24) is 4.90 Å². The predicted octanol–water partition coefficient (Wildman–Crippen LogP) is -0.740. The van der Waals surface area contributed by atoms with Crippen molar-refractivity contribution in [2.24, 2.45) is 0 Å². The Morgan fingerprint density at radius 1 is 1.07 bits per heavy atom. The van der Waals surface area contributed by atoms with E-state index in [0.29, 0.717) is 6.17 Å². The summed E-state index contributed by atoms with van der Waals surface area (Å²) in [5.41, 5.74) is 0. The molecule has 0 aliphatic carbocycles. The van der Waals surface area contributed by atoms with Gasteiger partial charge in [-0.3, -0.25) is 0 Å². The zero-order valence-electron chi connectivity index (χ0n) is 9.56. The summed E-state index contributed by atoms with van der Waals surface area (Å²) in [6, 6.07) is 6.19. The molecule has 4 heteroatoms. The van der Waals surface area contributed by atoms with Crippen molar-refractivity contribution >= 4 is 12.4 Å². The highest BCUT2D eigenvalue weighted by Gasteiger charge is 2.17. The van der Waals surface area contributed by atoms with Crippen molar-refractivity contribution in [2.75, 3.05) is 13.1 Å². The number of halogens is 2. The predicted molar refractivity (Wildman–Crippen MR) is 61.5 cm³/mol. The van der Waals surface area contributed by atoms with E-state index in [4.69, 9.17) is 0 Å². The zero-order valence-corrected chi connectivity index (χ0v) is 12.0. The molecule has 0 aliphatic rings. The van der Waals surface area contributed by atoms with Crippen LogP contribution in [0.3, 0.4) is 0 Å². The van der Waals surface area contributed by atoms with Gasteiger partial charge in [-0.05, 0) is 0 Å². The van der Waals surface area contributed by atoms with Crippen LogP contribution in [0.5, 0.6) is 0 Å². The van der Waals surface area contributed by atoms with Crippen molar-refractivity contribution in [3.63, 3.8) is 0 Å². The van der Waals surface area contributed by atoms with E-state index in [9.17, 15) is 0 Å². The van der Waals surface area contributed by atoms with E-state index in [-0.39, 0.29) is 29.4 Å². The molecule has 1 rings (SSSR count). The fraction of sp³-hybridized carbons (Fsp3) is 0.545. The molecule has 0 saturated carbocycles. The SMILES string of the molecule is CCN(CC)C(C)[n+]1ccccc1.Cl.[Br-]. The summed E-state index contributed by atoms with van der Waals surface area (Å²) in [5, 5.41) is 0. The van der Waals surface area contributed by atoms with Crippen LogP contribution in [0.1, 0.15) is 26.9 Å². The first-order chi connectivity index (χ1) is 6.29. The van der Waals surface area contributed by atoms with Crippen molar-refractivity contribution < 1.29 is 21.5 Å². The first kappa shape index (κ1) is 17.3. The van der Waals surface area contributed by atoms with E-state index in [1.807, 2.05) is 6.07 Å². The maximum atomic E-state index is 2.42. The number of nitrogens with zero attached hydrogens (tertiary/aromatic N) is 2. The Morgan fingerprint density at radius 2 is 1.53 bits per heavy atom. The molecule has 1 aromatic rings. The van der Waals surface area contributed by atoms with Crippen molar-refractivity contribution in [3.8, 4) is 0 Å². The lowest BCUT2D eigenvalue weighted by Gasteiger charge is -2.21. The molecule has 0 saturated heterocycles. The molecule has 1 unspecified atom stereocenters. The molecule has 0 spiro atoms. The summed E-state index contributed by atoms with van der Waals surface area (Å²) in [5.74, 6) is 0. The largest absolute Gasteiger partial charge is 1.00 e. The molecule has 1 atom stereocenters. The second kappa shape index (κ2) is 9.13. The van der Waals surface area contributed by atoms with Crippen LogP contribution in [0.15, 0.2) is 30.6 Å². The summed E-state index contributed by atoms with van der Waals surface area (Å²) in [6.07, 6.45) is 4.68. The van der Waals surface area contributed by atoms with Crippen LogP contribution < -0.4 is 21.5 Å². The van der Waals surface area contributed by atoms with Crippen LogP contribution in [-0.4, -0.2) is 18.0 Å². The fourth-order valence-corrected chi connectivity index (χ4v) is 1.60. The highest BCUT2D eigenvalue weighted by Crippen LogP contribution is 2.02. The fourth-order valence-electron chi connectivity index (χ4n) is 1.60. The maximum absolute atomic E-state index is 2.42. The minimum Gasteiger partial charge on any atom is -1.00 e. The van der Waals surface area contributed by atoms with Gasteiger partial charge in [0.25, 0.3) is 0 Å². The normalized spacial score (nSPS) is 11.5. The third-order valence-electron chi connectivity index (χ3n) is 2.51. The second-order valence-corrected chi connectivity index (χ2v) is 3.18. The first-order valence-electron chi connectivity index (χ1n) is 4.99. The minimum absolute atomic E-state index is 0. The Kier molecular flexibility index (Phi) is 10.5. The lowest BCUT2D eigenvalue weighted by atomic mass is 10.4. The summed E-state index contributed by atoms with van der Waals surface area (Å²) in [4.78, 5) is 2.42. The van der Waals surface area contributed by atoms with Gasteiger partial charge in [-0.15, -0.1) is 12.4 Å². The number of aromatic nitrogens is 1. The summed E-state index contributed by atoms with van der Waals surface area (Å²) >= 11 is 0. The highest BCUT2D eigenvalue weighted by atomic mass is 79.9. The van der Waals surface area contributed by atoms with Crippen LogP contribution >= 0.6 is 12.4 Å². The zero-order chi connectivity index (χ0) is 9.68. The molecule has 0 aromatic carbocycles. The molecular weight excluding hydrogens is 275 g/mol. The van der Waals surface area contributed by atoms with Crippen LogP contribution in [-0.2, 0) is 0 Å². The second-order valence-electron chi connectivity index (χ2n) is 3.18. The number of pyridine rings is 1. The van der Waals surface area contributed by atoms with Crippen molar-refractivity contribution in [1.29, 1.82) is 0 Å². The van der Waals surface area contributed by atoms with Gasteiger partial charge in [-0.2, -0.15) is 4.57 Å². The molecule has 15 heavy (non-hydrogen) atoms. The van der Waals surface area contributed by atoms with Gasteiger partial charge in [-0.1, -0.05) is 19.9 Å². The molecule has 0 radical (unpaired) electrons. The third kappa shape index (κ3) is 4.96. The van der Waals surface area contributed by atoms with Crippen LogP contribution in [0.2, 0.25) is 0 Å². The Labute approximate surface area is 109 Å². The molecule has 88 valence electrons. The van der Waals surface area contributed by atoms with Gasteiger partial charge in [0.2, 0.25) is 6.17 Å². The van der Waals surface area contributed by atoms with Gasteiger partial charge in [0.05, 0.1) is 0 Å². The monoisotopic (exact) mass is 294 g/mol. The topological polar surface area (TPSA) is 7.12 Å². The van der Waals surface area contributed by atoms with Gasteiger partial charge in [-0.25, -0.2) is 4.90 Å². The van der Waals surface area contributed by atoms with E-state index in [1.165, 1.54) is 0 Å². The summed E-state index contributed by atoms with van der Waals surface area (Å²) < 4.78 is 2.23. The lowest BCUT2D eigenvalue weighted by Crippen LogP contribution is -3.00. The van der Waals surface area contributed by atoms with Gasteiger partial charge in [0, 0.05) is 32.1 Å². The van der Waals surface area contributed by atoms with E-state index < -0.39 is 0 Å². The molecule has 0 N–H and O–H groups in total. The smallest absolute Gasteiger partial charge is 0.211 e. The number of hydrogen-bond donors (Lipinski definition) is 0. The molecule has 0 bridgehead atoms. The van der Waals surface area contributed by atoms with Crippen molar-refractivity contribution in [2.45, 2.75) is 26.9 Å². The van der Waals surface area contributed by atoms with Crippen LogP contribution in [0.25, 0.3) is 0 Å². The van der Waals surface area contributed by atoms with E-state index >= 15 is 0 Å². The van der Waals surface area contributed by atoms with Crippen LogP contribution in [0.4, 0.5) is 0 Å². The summed E-state index contributed by atoms with van der Waals surface area (Å²) in [6.45, 7) is 8.82.